The number of nitrogens with zero attached hydrogens (tertiary/aromatic N) is 1. The first-order chi connectivity index (χ1) is 7.07. The standard InChI is InChI=1S/C9H11Cl2NO2S/c10-5-3-12-4-6(11)8(5)9(14)7(13)1-2-15/h3-4,7,9,13-15H,1-2H2. The van der Waals surface area contributed by atoms with Crippen molar-refractivity contribution in [1.82, 2.24) is 4.98 Å². The number of thiol groups is 1. The third kappa shape index (κ3) is 3.23. The lowest BCUT2D eigenvalue weighted by atomic mass is 10.0. The van der Waals surface area contributed by atoms with Crippen LogP contribution in [-0.2, 0) is 0 Å². The summed E-state index contributed by atoms with van der Waals surface area (Å²) in [7, 11) is 0. The third-order valence-corrected chi connectivity index (χ3v) is 2.84. The molecule has 6 heteroatoms. The molecule has 2 unspecified atom stereocenters. The molecule has 0 saturated heterocycles. The first-order valence-electron chi connectivity index (χ1n) is 4.33. The van der Waals surface area contributed by atoms with Crippen molar-refractivity contribution in [1.29, 1.82) is 0 Å². The van der Waals surface area contributed by atoms with E-state index in [9.17, 15) is 10.2 Å². The van der Waals surface area contributed by atoms with E-state index in [1.165, 1.54) is 12.4 Å². The number of halogens is 2. The predicted molar refractivity (Wildman–Crippen MR) is 63.7 cm³/mol. The van der Waals surface area contributed by atoms with Crippen molar-refractivity contribution >= 4 is 35.8 Å². The molecule has 0 radical (unpaired) electrons. The van der Waals surface area contributed by atoms with Crippen LogP contribution in [0.2, 0.25) is 10.0 Å². The summed E-state index contributed by atoms with van der Waals surface area (Å²) < 4.78 is 0. The Balaban J connectivity index is 2.94. The van der Waals surface area contributed by atoms with Crippen LogP contribution in [-0.4, -0.2) is 27.1 Å². The molecule has 0 aliphatic carbocycles. The fraction of sp³-hybridized carbons (Fsp3) is 0.444. The molecule has 1 aromatic rings. The second-order valence-electron chi connectivity index (χ2n) is 3.04. The normalized spacial score (nSPS) is 15.0. The van der Waals surface area contributed by atoms with Gasteiger partial charge in [0.15, 0.2) is 0 Å². The second kappa shape index (κ2) is 5.92. The molecule has 2 N–H and O–H groups in total. The van der Waals surface area contributed by atoms with Gasteiger partial charge in [-0.05, 0) is 12.2 Å². The Morgan fingerprint density at radius 3 is 2.27 bits per heavy atom. The fourth-order valence-electron chi connectivity index (χ4n) is 1.19. The van der Waals surface area contributed by atoms with Gasteiger partial charge in [-0.3, -0.25) is 4.98 Å². The summed E-state index contributed by atoms with van der Waals surface area (Å²) in [4.78, 5) is 3.76. The first-order valence-corrected chi connectivity index (χ1v) is 5.72. The Labute approximate surface area is 103 Å². The van der Waals surface area contributed by atoms with Crippen molar-refractivity contribution in [3.8, 4) is 0 Å². The molecule has 0 aliphatic rings. The van der Waals surface area contributed by atoms with Crippen LogP contribution in [0, 0.1) is 0 Å². The lowest BCUT2D eigenvalue weighted by Gasteiger charge is -2.19. The smallest absolute Gasteiger partial charge is 0.108 e. The lowest BCUT2D eigenvalue weighted by Crippen LogP contribution is -2.19. The summed E-state index contributed by atoms with van der Waals surface area (Å²) in [5.74, 6) is 0.471. The minimum Gasteiger partial charge on any atom is -0.390 e. The molecule has 0 fully saturated rings. The van der Waals surface area contributed by atoms with Crippen LogP contribution in [0.25, 0.3) is 0 Å². The van der Waals surface area contributed by atoms with E-state index in [4.69, 9.17) is 23.2 Å². The minimum absolute atomic E-state index is 0.244. The number of aromatic nitrogens is 1. The van der Waals surface area contributed by atoms with Crippen molar-refractivity contribution in [2.45, 2.75) is 18.6 Å². The zero-order chi connectivity index (χ0) is 11.4. The fourth-order valence-corrected chi connectivity index (χ4v) is 2.04. The average molecular weight is 268 g/mol. The van der Waals surface area contributed by atoms with Gasteiger partial charge in [0.2, 0.25) is 0 Å². The van der Waals surface area contributed by atoms with E-state index in [1.807, 2.05) is 0 Å². The summed E-state index contributed by atoms with van der Waals surface area (Å²) in [5.41, 5.74) is 0.308. The van der Waals surface area contributed by atoms with Gasteiger partial charge in [0, 0.05) is 18.0 Å². The van der Waals surface area contributed by atoms with Gasteiger partial charge in [-0.1, -0.05) is 23.2 Å². The molecule has 15 heavy (non-hydrogen) atoms. The predicted octanol–water partition coefficient (Wildman–Crippen LogP) is 2.10. The molecule has 3 nitrogen and oxygen atoms in total. The molecule has 0 amide bonds. The van der Waals surface area contributed by atoms with Gasteiger partial charge in [0.25, 0.3) is 0 Å². The highest BCUT2D eigenvalue weighted by molar-refractivity contribution is 7.80. The van der Waals surface area contributed by atoms with Crippen LogP contribution in [0.5, 0.6) is 0 Å². The van der Waals surface area contributed by atoms with E-state index >= 15 is 0 Å². The van der Waals surface area contributed by atoms with Crippen molar-refractivity contribution in [3.63, 3.8) is 0 Å². The highest BCUT2D eigenvalue weighted by atomic mass is 35.5. The maximum atomic E-state index is 9.80. The van der Waals surface area contributed by atoms with E-state index in [-0.39, 0.29) is 10.0 Å². The van der Waals surface area contributed by atoms with Crippen molar-refractivity contribution < 1.29 is 10.2 Å². The van der Waals surface area contributed by atoms with Gasteiger partial charge in [-0.25, -0.2) is 0 Å². The Morgan fingerprint density at radius 1 is 1.27 bits per heavy atom. The topological polar surface area (TPSA) is 53.4 Å². The third-order valence-electron chi connectivity index (χ3n) is 1.98. The number of pyridine rings is 1. The Kier molecular flexibility index (Phi) is 5.15. The number of hydrogen-bond acceptors (Lipinski definition) is 4. The van der Waals surface area contributed by atoms with Gasteiger partial charge in [0.05, 0.1) is 16.1 Å². The van der Waals surface area contributed by atoms with Crippen LogP contribution in [0.4, 0.5) is 0 Å². The zero-order valence-corrected chi connectivity index (χ0v) is 10.2. The molecule has 84 valence electrons. The van der Waals surface area contributed by atoms with Gasteiger partial charge >= 0.3 is 0 Å². The molecular formula is C9H11Cl2NO2S. The highest BCUT2D eigenvalue weighted by Gasteiger charge is 2.22. The SMILES string of the molecule is OC(CCS)C(O)c1c(Cl)cncc1Cl. The second-order valence-corrected chi connectivity index (χ2v) is 4.30. The molecule has 0 aromatic carbocycles. The minimum atomic E-state index is -1.11. The summed E-state index contributed by atoms with van der Waals surface area (Å²) in [6.45, 7) is 0. The van der Waals surface area contributed by atoms with E-state index in [0.717, 1.165) is 0 Å². The molecule has 1 heterocycles. The maximum Gasteiger partial charge on any atom is 0.108 e. The highest BCUT2D eigenvalue weighted by Crippen LogP contribution is 2.31. The molecular weight excluding hydrogens is 257 g/mol. The van der Waals surface area contributed by atoms with Crippen LogP contribution in [0.1, 0.15) is 18.1 Å². The van der Waals surface area contributed by atoms with Crippen molar-refractivity contribution in [3.05, 3.63) is 28.0 Å². The van der Waals surface area contributed by atoms with E-state index < -0.39 is 12.2 Å². The van der Waals surface area contributed by atoms with E-state index in [0.29, 0.717) is 17.7 Å². The average Bonchev–Trinajstić information content (AvgIpc) is 2.17. The van der Waals surface area contributed by atoms with Crippen LogP contribution < -0.4 is 0 Å². The molecule has 1 aromatic heterocycles. The van der Waals surface area contributed by atoms with E-state index in [1.54, 1.807) is 0 Å². The van der Waals surface area contributed by atoms with Crippen LogP contribution in [0.3, 0.4) is 0 Å². The summed E-state index contributed by atoms with van der Waals surface area (Å²) >= 11 is 15.6. The Bertz CT molecular complexity index is 318. The maximum absolute atomic E-state index is 9.80. The molecule has 0 saturated carbocycles. The molecule has 2 atom stereocenters. The van der Waals surface area contributed by atoms with E-state index in [2.05, 4.69) is 17.6 Å². The van der Waals surface area contributed by atoms with Gasteiger partial charge in [0.1, 0.15) is 6.10 Å². The van der Waals surface area contributed by atoms with Gasteiger partial charge in [-0.2, -0.15) is 12.6 Å². The number of aliphatic hydroxyl groups excluding tert-OH is 2. The Hall–Kier alpha value is -0.0000000000000000555. The van der Waals surface area contributed by atoms with Crippen LogP contribution in [0.15, 0.2) is 12.4 Å². The van der Waals surface area contributed by atoms with Crippen molar-refractivity contribution in [2.24, 2.45) is 0 Å². The van der Waals surface area contributed by atoms with Crippen molar-refractivity contribution in [2.75, 3.05) is 5.75 Å². The first kappa shape index (κ1) is 13.1. The summed E-state index contributed by atoms with van der Waals surface area (Å²) in [6.07, 6.45) is 1.07. The Morgan fingerprint density at radius 2 is 1.80 bits per heavy atom. The number of hydrogen-bond donors (Lipinski definition) is 3. The molecule has 0 spiro atoms. The van der Waals surface area contributed by atoms with Gasteiger partial charge in [-0.15, -0.1) is 0 Å². The monoisotopic (exact) mass is 267 g/mol. The van der Waals surface area contributed by atoms with Crippen LogP contribution >= 0.6 is 35.8 Å². The largest absolute Gasteiger partial charge is 0.390 e. The zero-order valence-electron chi connectivity index (χ0n) is 7.77. The van der Waals surface area contributed by atoms with Gasteiger partial charge < -0.3 is 10.2 Å². The number of rotatable bonds is 4. The lowest BCUT2D eigenvalue weighted by molar-refractivity contribution is 0.0173. The molecule has 1 rings (SSSR count). The molecule has 0 bridgehead atoms. The number of aliphatic hydroxyl groups is 2. The molecule has 0 aliphatic heterocycles. The quantitative estimate of drug-likeness (QED) is 0.733. The summed E-state index contributed by atoms with van der Waals surface area (Å²) in [5, 5.41) is 19.9. The summed E-state index contributed by atoms with van der Waals surface area (Å²) in [6, 6.07) is 0.